The largest absolute Gasteiger partial charge is 0.387 e. The fourth-order valence-electron chi connectivity index (χ4n) is 1.73. The predicted molar refractivity (Wildman–Crippen MR) is 75.0 cm³/mol. The van der Waals surface area contributed by atoms with Crippen LogP contribution in [0.1, 0.15) is 17.2 Å². The second-order valence-corrected chi connectivity index (χ2v) is 5.08. The van der Waals surface area contributed by atoms with E-state index in [4.69, 9.17) is 0 Å². The Labute approximate surface area is 119 Å². The van der Waals surface area contributed by atoms with E-state index in [0.29, 0.717) is 18.7 Å². The number of aliphatic hydroxyl groups is 1. The number of benzene rings is 1. The van der Waals surface area contributed by atoms with E-state index >= 15 is 0 Å². The Morgan fingerprint density at radius 2 is 2.00 bits per heavy atom. The average Bonchev–Trinajstić information content (AvgIpc) is 2.43. The van der Waals surface area contributed by atoms with Crippen molar-refractivity contribution < 1.29 is 9.50 Å². The second-order valence-electron chi connectivity index (χ2n) is 4.16. The molecule has 0 saturated heterocycles. The van der Waals surface area contributed by atoms with Crippen molar-refractivity contribution in [1.29, 1.82) is 0 Å². The molecule has 0 fully saturated rings. The molecule has 1 aromatic heterocycles. The molecule has 0 radical (unpaired) electrons. The molecule has 2 aromatic rings. The Morgan fingerprint density at radius 1 is 1.26 bits per heavy atom. The van der Waals surface area contributed by atoms with Gasteiger partial charge in [0, 0.05) is 35.5 Å². The highest BCUT2D eigenvalue weighted by Crippen LogP contribution is 2.16. The highest BCUT2D eigenvalue weighted by atomic mass is 79.9. The van der Waals surface area contributed by atoms with Crippen molar-refractivity contribution in [3.8, 4) is 0 Å². The molecule has 0 spiro atoms. The van der Waals surface area contributed by atoms with Gasteiger partial charge in [0.2, 0.25) is 0 Å². The lowest BCUT2D eigenvalue weighted by atomic mass is 10.1. The first kappa shape index (κ1) is 14.1. The van der Waals surface area contributed by atoms with Crippen LogP contribution in [0, 0.1) is 5.82 Å². The molecule has 1 heterocycles. The Kier molecular flexibility index (Phi) is 5.01. The molecule has 19 heavy (non-hydrogen) atoms. The van der Waals surface area contributed by atoms with Gasteiger partial charge in [0.25, 0.3) is 0 Å². The van der Waals surface area contributed by atoms with Crippen molar-refractivity contribution in [2.24, 2.45) is 0 Å². The van der Waals surface area contributed by atoms with Gasteiger partial charge in [0.05, 0.1) is 6.10 Å². The van der Waals surface area contributed by atoms with Crippen LogP contribution in [0.15, 0.2) is 47.2 Å². The van der Waals surface area contributed by atoms with Crippen molar-refractivity contribution in [1.82, 2.24) is 10.3 Å². The highest BCUT2D eigenvalue weighted by Gasteiger charge is 2.07. The molecule has 100 valence electrons. The standard InChI is InChI=1S/C14H14BrFN2O/c15-12-1-2-13(16)11(7-12)8-18-9-14(19)10-3-5-17-6-4-10/h1-7,14,18-19H,8-9H2. The van der Waals surface area contributed by atoms with Gasteiger partial charge in [-0.1, -0.05) is 15.9 Å². The number of hydrogen-bond acceptors (Lipinski definition) is 3. The second kappa shape index (κ2) is 6.75. The monoisotopic (exact) mass is 324 g/mol. The molecule has 0 amide bonds. The van der Waals surface area contributed by atoms with Gasteiger partial charge >= 0.3 is 0 Å². The molecule has 1 unspecified atom stereocenters. The van der Waals surface area contributed by atoms with Gasteiger partial charge in [-0.05, 0) is 35.9 Å². The summed E-state index contributed by atoms with van der Waals surface area (Å²) >= 11 is 3.30. The van der Waals surface area contributed by atoms with Crippen LogP contribution < -0.4 is 5.32 Å². The third kappa shape index (κ3) is 4.09. The fraction of sp³-hybridized carbons (Fsp3) is 0.214. The van der Waals surface area contributed by atoms with Crippen LogP contribution >= 0.6 is 15.9 Å². The minimum Gasteiger partial charge on any atom is -0.387 e. The van der Waals surface area contributed by atoms with Crippen molar-refractivity contribution in [3.63, 3.8) is 0 Å². The minimum atomic E-state index is -0.627. The average molecular weight is 325 g/mol. The summed E-state index contributed by atoms with van der Waals surface area (Å²) in [5, 5.41) is 13.0. The maximum Gasteiger partial charge on any atom is 0.127 e. The Bertz CT molecular complexity index is 536. The third-order valence-electron chi connectivity index (χ3n) is 2.75. The van der Waals surface area contributed by atoms with Crippen LogP contribution in [-0.2, 0) is 6.54 Å². The molecule has 2 rings (SSSR count). The summed E-state index contributed by atoms with van der Waals surface area (Å²) < 4.78 is 14.3. The fourth-order valence-corrected chi connectivity index (χ4v) is 2.13. The van der Waals surface area contributed by atoms with Crippen LogP contribution in [0.2, 0.25) is 0 Å². The molecule has 0 aliphatic rings. The topological polar surface area (TPSA) is 45.1 Å². The summed E-state index contributed by atoms with van der Waals surface area (Å²) in [6.45, 7) is 0.726. The third-order valence-corrected chi connectivity index (χ3v) is 3.25. The van der Waals surface area contributed by atoms with E-state index in [0.717, 1.165) is 10.0 Å². The van der Waals surface area contributed by atoms with Crippen molar-refractivity contribution in [2.75, 3.05) is 6.54 Å². The van der Waals surface area contributed by atoms with E-state index in [1.165, 1.54) is 6.07 Å². The van der Waals surface area contributed by atoms with Crippen molar-refractivity contribution in [3.05, 3.63) is 64.1 Å². The molecule has 2 N–H and O–H groups in total. The van der Waals surface area contributed by atoms with Gasteiger partial charge in [0.1, 0.15) is 5.82 Å². The van der Waals surface area contributed by atoms with Gasteiger partial charge in [0.15, 0.2) is 0 Å². The van der Waals surface area contributed by atoms with Gasteiger partial charge < -0.3 is 10.4 Å². The molecule has 0 saturated carbocycles. The number of hydrogen-bond donors (Lipinski definition) is 2. The number of halogens is 2. The Morgan fingerprint density at radius 3 is 2.74 bits per heavy atom. The summed E-state index contributed by atoms with van der Waals surface area (Å²) in [5.41, 5.74) is 1.36. The molecular formula is C14H14BrFN2O. The Hall–Kier alpha value is -1.30. The van der Waals surface area contributed by atoms with Crippen LogP contribution in [0.3, 0.4) is 0 Å². The maximum atomic E-state index is 13.5. The number of aliphatic hydroxyl groups excluding tert-OH is 1. The van der Waals surface area contributed by atoms with E-state index in [2.05, 4.69) is 26.2 Å². The molecule has 0 aliphatic carbocycles. The molecule has 0 bridgehead atoms. The maximum absolute atomic E-state index is 13.5. The molecular weight excluding hydrogens is 311 g/mol. The molecule has 0 aliphatic heterocycles. The van der Waals surface area contributed by atoms with Gasteiger partial charge in [-0.25, -0.2) is 4.39 Å². The van der Waals surface area contributed by atoms with Crippen LogP contribution in [0.4, 0.5) is 4.39 Å². The lowest BCUT2D eigenvalue weighted by Crippen LogP contribution is -2.21. The first-order valence-electron chi connectivity index (χ1n) is 5.89. The quantitative estimate of drug-likeness (QED) is 0.889. The first-order valence-corrected chi connectivity index (χ1v) is 6.69. The van der Waals surface area contributed by atoms with Crippen LogP contribution in [-0.4, -0.2) is 16.6 Å². The van der Waals surface area contributed by atoms with E-state index in [1.807, 2.05) is 0 Å². The number of nitrogens with one attached hydrogen (secondary N) is 1. The Balaban J connectivity index is 1.88. The molecule has 3 nitrogen and oxygen atoms in total. The zero-order valence-corrected chi connectivity index (χ0v) is 11.8. The summed E-state index contributed by atoms with van der Waals surface area (Å²) in [7, 11) is 0. The minimum absolute atomic E-state index is 0.255. The predicted octanol–water partition coefficient (Wildman–Crippen LogP) is 2.81. The van der Waals surface area contributed by atoms with Gasteiger partial charge in [-0.15, -0.1) is 0 Å². The molecule has 1 aromatic carbocycles. The summed E-state index contributed by atoms with van der Waals surface area (Å²) in [6, 6.07) is 8.31. The lowest BCUT2D eigenvalue weighted by molar-refractivity contribution is 0.174. The number of rotatable bonds is 5. The van der Waals surface area contributed by atoms with Crippen molar-refractivity contribution >= 4 is 15.9 Å². The van der Waals surface area contributed by atoms with Crippen LogP contribution in [0.5, 0.6) is 0 Å². The number of nitrogens with zero attached hydrogens (tertiary/aromatic N) is 1. The van der Waals surface area contributed by atoms with Gasteiger partial charge in [-0.2, -0.15) is 0 Å². The van der Waals surface area contributed by atoms with E-state index < -0.39 is 6.10 Å². The van der Waals surface area contributed by atoms with E-state index in [1.54, 1.807) is 36.7 Å². The smallest absolute Gasteiger partial charge is 0.127 e. The summed E-state index contributed by atoms with van der Waals surface area (Å²) in [4.78, 5) is 3.89. The number of pyridine rings is 1. The van der Waals surface area contributed by atoms with E-state index in [-0.39, 0.29) is 5.82 Å². The first-order chi connectivity index (χ1) is 9.16. The van der Waals surface area contributed by atoms with Crippen molar-refractivity contribution in [2.45, 2.75) is 12.6 Å². The molecule has 5 heteroatoms. The summed E-state index contributed by atoms with van der Waals surface area (Å²) in [6.07, 6.45) is 2.64. The van der Waals surface area contributed by atoms with E-state index in [9.17, 15) is 9.50 Å². The highest BCUT2D eigenvalue weighted by molar-refractivity contribution is 9.10. The zero-order chi connectivity index (χ0) is 13.7. The SMILES string of the molecule is OC(CNCc1cc(Br)ccc1F)c1ccncc1. The normalized spacial score (nSPS) is 12.4. The lowest BCUT2D eigenvalue weighted by Gasteiger charge is -2.12. The molecule has 1 atom stereocenters. The number of aromatic nitrogens is 1. The van der Waals surface area contributed by atoms with Gasteiger partial charge in [-0.3, -0.25) is 4.98 Å². The zero-order valence-electron chi connectivity index (χ0n) is 10.2. The van der Waals surface area contributed by atoms with Crippen LogP contribution in [0.25, 0.3) is 0 Å². The summed E-state index contributed by atoms with van der Waals surface area (Å²) in [5.74, 6) is -0.255.